The van der Waals surface area contributed by atoms with Crippen LogP contribution in [0.5, 0.6) is 11.5 Å². The highest BCUT2D eigenvalue weighted by Crippen LogP contribution is 2.23. The van der Waals surface area contributed by atoms with E-state index in [0.717, 1.165) is 8.95 Å². The van der Waals surface area contributed by atoms with Gasteiger partial charge < -0.3 is 9.47 Å². The molecule has 0 heterocycles. The third-order valence-electron chi connectivity index (χ3n) is 3.81. The SMILES string of the molecule is O=C(COc1cccc(Cl)c1)N/N=C\c1cc(Br)ccc1OC(=O)c1ccc(Br)cc1. The lowest BCUT2D eigenvalue weighted by Gasteiger charge is -2.08. The van der Waals surface area contributed by atoms with Crippen LogP contribution in [0, 0.1) is 0 Å². The number of esters is 1. The Balaban J connectivity index is 1.61. The second-order valence-electron chi connectivity index (χ2n) is 6.12. The summed E-state index contributed by atoms with van der Waals surface area (Å²) in [5.41, 5.74) is 3.26. The summed E-state index contributed by atoms with van der Waals surface area (Å²) in [6.45, 7) is -0.235. The van der Waals surface area contributed by atoms with E-state index in [4.69, 9.17) is 21.1 Å². The Labute approximate surface area is 200 Å². The Hall–Kier alpha value is -2.68. The number of nitrogens with zero attached hydrogens (tertiary/aromatic N) is 1. The molecule has 0 atom stereocenters. The van der Waals surface area contributed by atoms with Crippen molar-refractivity contribution in [1.82, 2.24) is 5.43 Å². The van der Waals surface area contributed by atoms with Gasteiger partial charge in [0.1, 0.15) is 11.5 Å². The predicted molar refractivity (Wildman–Crippen MR) is 126 cm³/mol. The molecule has 3 rings (SSSR count). The molecule has 0 bridgehead atoms. The quantitative estimate of drug-likeness (QED) is 0.175. The molecule has 0 unspecified atom stereocenters. The number of ether oxygens (including phenoxy) is 2. The van der Waals surface area contributed by atoms with E-state index in [-0.39, 0.29) is 6.61 Å². The van der Waals surface area contributed by atoms with Crippen molar-refractivity contribution in [3.8, 4) is 11.5 Å². The third kappa shape index (κ3) is 7.20. The number of rotatable bonds is 7. The average molecular weight is 567 g/mol. The van der Waals surface area contributed by atoms with Gasteiger partial charge in [-0.15, -0.1) is 0 Å². The molecular weight excluding hydrogens is 552 g/mol. The van der Waals surface area contributed by atoms with E-state index in [2.05, 4.69) is 42.4 Å². The molecule has 31 heavy (non-hydrogen) atoms. The summed E-state index contributed by atoms with van der Waals surface area (Å²) in [6.07, 6.45) is 1.38. The highest BCUT2D eigenvalue weighted by molar-refractivity contribution is 9.10. The van der Waals surface area contributed by atoms with Crippen LogP contribution in [0.15, 0.2) is 80.8 Å². The molecule has 3 aromatic rings. The Morgan fingerprint density at radius 2 is 1.74 bits per heavy atom. The van der Waals surface area contributed by atoms with E-state index in [1.165, 1.54) is 6.21 Å². The second kappa shape index (κ2) is 11.1. The van der Waals surface area contributed by atoms with Gasteiger partial charge in [0.2, 0.25) is 0 Å². The van der Waals surface area contributed by atoms with Crippen LogP contribution < -0.4 is 14.9 Å². The maximum atomic E-state index is 12.4. The van der Waals surface area contributed by atoms with Crippen molar-refractivity contribution < 1.29 is 19.1 Å². The molecule has 1 amide bonds. The normalized spacial score (nSPS) is 10.7. The van der Waals surface area contributed by atoms with Crippen LogP contribution >= 0.6 is 43.5 Å². The highest BCUT2D eigenvalue weighted by Gasteiger charge is 2.12. The summed E-state index contributed by atoms with van der Waals surface area (Å²) < 4.78 is 12.5. The van der Waals surface area contributed by atoms with E-state index in [9.17, 15) is 9.59 Å². The molecule has 9 heteroatoms. The van der Waals surface area contributed by atoms with Gasteiger partial charge in [-0.1, -0.05) is 49.5 Å². The molecule has 0 aliphatic heterocycles. The summed E-state index contributed by atoms with van der Waals surface area (Å²) in [6, 6.07) is 18.6. The van der Waals surface area contributed by atoms with E-state index >= 15 is 0 Å². The van der Waals surface area contributed by atoms with Crippen molar-refractivity contribution in [2.75, 3.05) is 6.61 Å². The standard InChI is InChI=1S/C22H15Br2ClN2O4/c23-16-6-4-14(5-7-16)22(29)31-20-9-8-17(24)10-15(20)12-26-27-21(28)13-30-19-3-1-2-18(25)11-19/h1-12H,13H2,(H,27,28)/b26-12-. The molecule has 0 radical (unpaired) electrons. The summed E-state index contributed by atoms with van der Waals surface area (Å²) in [7, 11) is 0. The van der Waals surface area contributed by atoms with Gasteiger partial charge in [0.15, 0.2) is 6.61 Å². The zero-order chi connectivity index (χ0) is 22.2. The van der Waals surface area contributed by atoms with Crippen LogP contribution in [0.25, 0.3) is 0 Å². The van der Waals surface area contributed by atoms with Crippen LogP contribution in [0.4, 0.5) is 0 Å². The zero-order valence-electron chi connectivity index (χ0n) is 15.8. The first-order valence-electron chi connectivity index (χ1n) is 8.88. The number of hydrogen-bond acceptors (Lipinski definition) is 5. The van der Waals surface area contributed by atoms with Gasteiger partial charge in [-0.2, -0.15) is 5.10 Å². The Morgan fingerprint density at radius 1 is 1.00 bits per heavy atom. The molecule has 1 N–H and O–H groups in total. The van der Waals surface area contributed by atoms with Crippen molar-refractivity contribution in [2.45, 2.75) is 0 Å². The molecule has 0 saturated heterocycles. The smallest absolute Gasteiger partial charge is 0.343 e. The van der Waals surface area contributed by atoms with Crippen LogP contribution in [0.2, 0.25) is 5.02 Å². The number of hydrogen-bond donors (Lipinski definition) is 1. The number of hydrazone groups is 1. The molecule has 158 valence electrons. The van der Waals surface area contributed by atoms with Crippen LogP contribution in [0.3, 0.4) is 0 Å². The third-order valence-corrected chi connectivity index (χ3v) is 5.07. The summed E-state index contributed by atoms with van der Waals surface area (Å²) in [5.74, 6) is -0.201. The number of halogens is 3. The van der Waals surface area contributed by atoms with Crippen LogP contribution in [-0.4, -0.2) is 24.7 Å². The van der Waals surface area contributed by atoms with Gasteiger partial charge in [-0.25, -0.2) is 10.2 Å². The fraction of sp³-hybridized carbons (Fsp3) is 0.0455. The van der Waals surface area contributed by atoms with E-state index in [0.29, 0.717) is 27.6 Å². The van der Waals surface area contributed by atoms with Crippen LogP contribution in [-0.2, 0) is 4.79 Å². The predicted octanol–water partition coefficient (Wildman–Crippen LogP) is 5.61. The lowest BCUT2D eigenvalue weighted by atomic mass is 10.2. The fourth-order valence-corrected chi connectivity index (χ4v) is 3.19. The Bertz CT molecular complexity index is 1120. The topological polar surface area (TPSA) is 77.0 Å². The van der Waals surface area contributed by atoms with Gasteiger partial charge in [0.25, 0.3) is 5.91 Å². The number of amides is 1. The van der Waals surface area contributed by atoms with Crippen molar-refractivity contribution in [3.63, 3.8) is 0 Å². The van der Waals surface area contributed by atoms with Crippen molar-refractivity contribution in [2.24, 2.45) is 5.10 Å². The van der Waals surface area contributed by atoms with Gasteiger partial charge in [0, 0.05) is 19.5 Å². The molecule has 0 aliphatic rings. The molecule has 3 aromatic carbocycles. The molecule has 6 nitrogen and oxygen atoms in total. The first-order valence-corrected chi connectivity index (χ1v) is 10.8. The maximum absolute atomic E-state index is 12.4. The van der Waals surface area contributed by atoms with Gasteiger partial charge in [0.05, 0.1) is 11.8 Å². The molecule has 0 fully saturated rings. The first-order chi connectivity index (χ1) is 14.9. The van der Waals surface area contributed by atoms with Gasteiger partial charge >= 0.3 is 5.97 Å². The first kappa shape index (κ1) is 23.0. The second-order valence-corrected chi connectivity index (χ2v) is 8.39. The zero-order valence-corrected chi connectivity index (χ0v) is 19.8. The van der Waals surface area contributed by atoms with E-state index in [1.54, 1.807) is 66.7 Å². The average Bonchev–Trinajstić information content (AvgIpc) is 2.74. The Morgan fingerprint density at radius 3 is 2.48 bits per heavy atom. The van der Waals surface area contributed by atoms with Crippen molar-refractivity contribution in [3.05, 3.63) is 91.8 Å². The monoisotopic (exact) mass is 564 g/mol. The fourth-order valence-electron chi connectivity index (χ4n) is 2.37. The molecule has 0 spiro atoms. The summed E-state index contributed by atoms with van der Waals surface area (Å²) in [5, 5.41) is 4.43. The largest absolute Gasteiger partial charge is 0.484 e. The molecule has 0 aliphatic carbocycles. The minimum Gasteiger partial charge on any atom is -0.484 e. The lowest BCUT2D eigenvalue weighted by molar-refractivity contribution is -0.123. The highest BCUT2D eigenvalue weighted by atomic mass is 79.9. The van der Waals surface area contributed by atoms with Gasteiger partial charge in [-0.05, 0) is 60.7 Å². The van der Waals surface area contributed by atoms with E-state index in [1.807, 2.05) is 0 Å². The minimum absolute atomic E-state index is 0.235. The molecule has 0 saturated carbocycles. The number of carbonyl (C=O) groups excluding carboxylic acids is 2. The molecular formula is C22H15Br2ClN2O4. The maximum Gasteiger partial charge on any atom is 0.343 e. The number of benzene rings is 3. The van der Waals surface area contributed by atoms with Crippen LogP contribution in [0.1, 0.15) is 15.9 Å². The minimum atomic E-state index is -0.511. The van der Waals surface area contributed by atoms with Crippen molar-refractivity contribution in [1.29, 1.82) is 0 Å². The number of carbonyl (C=O) groups is 2. The Kier molecular flexibility index (Phi) is 8.22. The number of nitrogens with one attached hydrogen (secondary N) is 1. The summed E-state index contributed by atoms with van der Waals surface area (Å²) in [4.78, 5) is 24.4. The van der Waals surface area contributed by atoms with Crippen molar-refractivity contribution >= 4 is 61.6 Å². The molecule has 0 aromatic heterocycles. The van der Waals surface area contributed by atoms with Gasteiger partial charge in [-0.3, -0.25) is 4.79 Å². The summed E-state index contributed by atoms with van der Waals surface area (Å²) >= 11 is 12.6. The van der Waals surface area contributed by atoms with E-state index < -0.39 is 11.9 Å². The lowest BCUT2D eigenvalue weighted by Crippen LogP contribution is -2.24.